The predicted octanol–water partition coefficient (Wildman–Crippen LogP) is 1.89. The zero-order valence-corrected chi connectivity index (χ0v) is 15.0. The molecule has 0 atom stereocenters. The minimum absolute atomic E-state index is 0.113. The first-order valence-corrected chi connectivity index (χ1v) is 10.0. The van der Waals surface area contributed by atoms with E-state index in [9.17, 15) is 13.2 Å². The van der Waals surface area contributed by atoms with Gasteiger partial charge in [0, 0.05) is 43.2 Å². The van der Waals surface area contributed by atoms with E-state index in [0.29, 0.717) is 19.5 Å². The first-order valence-electron chi connectivity index (χ1n) is 8.18. The molecule has 0 unspecified atom stereocenters. The number of hydrogen-bond acceptors (Lipinski definition) is 3. The van der Waals surface area contributed by atoms with Crippen molar-refractivity contribution in [2.45, 2.75) is 26.2 Å². The number of amides is 1. The Kier molecular flexibility index (Phi) is 6.39. The zero-order valence-electron chi connectivity index (χ0n) is 14.2. The summed E-state index contributed by atoms with van der Waals surface area (Å²) in [4.78, 5) is 14.9. The summed E-state index contributed by atoms with van der Waals surface area (Å²) in [7, 11) is -3.34. The van der Waals surface area contributed by atoms with E-state index in [1.165, 1.54) is 10.6 Å². The number of sulfonamides is 1. The molecule has 0 spiro atoms. The van der Waals surface area contributed by atoms with E-state index in [1.54, 1.807) is 0 Å². The lowest BCUT2D eigenvalue weighted by atomic mass is 10.1. The molecule has 2 rings (SSSR count). The van der Waals surface area contributed by atoms with Crippen LogP contribution >= 0.6 is 0 Å². The second-order valence-corrected chi connectivity index (χ2v) is 7.85. The second kappa shape index (κ2) is 8.30. The molecule has 132 valence electrons. The molecule has 1 aromatic carbocycles. The normalized spacial score (nSPS) is 12.0. The molecule has 1 heterocycles. The van der Waals surface area contributed by atoms with Gasteiger partial charge in [0.1, 0.15) is 0 Å². The van der Waals surface area contributed by atoms with E-state index >= 15 is 0 Å². The van der Waals surface area contributed by atoms with Gasteiger partial charge in [-0.1, -0.05) is 25.1 Å². The van der Waals surface area contributed by atoms with Crippen molar-refractivity contribution in [3.63, 3.8) is 0 Å². The molecule has 0 aliphatic heterocycles. The van der Waals surface area contributed by atoms with Crippen LogP contribution in [0.15, 0.2) is 30.5 Å². The topological polar surface area (TPSA) is 82.3 Å². The number of nitrogens with one attached hydrogen (secondary N) is 2. The van der Waals surface area contributed by atoms with Crippen molar-refractivity contribution in [2.75, 3.05) is 25.9 Å². The van der Waals surface area contributed by atoms with Crippen molar-refractivity contribution in [2.24, 2.45) is 0 Å². The number of carbonyl (C=O) groups excluding carboxylic acids is 1. The van der Waals surface area contributed by atoms with Crippen LogP contribution in [0.1, 0.15) is 25.3 Å². The van der Waals surface area contributed by atoms with Gasteiger partial charge >= 0.3 is 0 Å². The fourth-order valence-electron chi connectivity index (χ4n) is 2.61. The van der Waals surface area contributed by atoms with Crippen molar-refractivity contribution in [1.29, 1.82) is 0 Å². The minimum Gasteiger partial charge on any atom is -0.361 e. The van der Waals surface area contributed by atoms with Gasteiger partial charge in [-0.05, 0) is 24.5 Å². The van der Waals surface area contributed by atoms with Gasteiger partial charge in [-0.25, -0.2) is 12.7 Å². The molecule has 6 nitrogen and oxygen atoms in total. The standard InChI is InChI=1S/C17H25N3O3S/c1-3-10-18-17(21)9-12-20(24(2,22)23)11-8-14-13-19-16-7-5-4-6-15(14)16/h4-7,13,19H,3,8-12H2,1-2H3,(H,18,21). The number of aromatic amines is 1. The summed E-state index contributed by atoms with van der Waals surface area (Å²) in [6.07, 6.45) is 4.75. The van der Waals surface area contributed by atoms with Gasteiger partial charge in [0.05, 0.1) is 6.26 Å². The maximum atomic E-state index is 12.0. The van der Waals surface area contributed by atoms with Gasteiger partial charge < -0.3 is 10.3 Å². The Balaban J connectivity index is 1.98. The number of fused-ring (bicyclic) bond motifs is 1. The molecule has 2 N–H and O–H groups in total. The zero-order chi connectivity index (χ0) is 17.6. The summed E-state index contributed by atoms with van der Waals surface area (Å²) in [5.74, 6) is -0.113. The molecule has 0 saturated heterocycles. The van der Waals surface area contributed by atoms with Gasteiger partial charge in [-0.3, -0.25) is 4.79 Å². The lowest BCUT2D eigenvalue weighted by molar-refractivity contribution is -0.121. The maximum Gasteiger partial charge on any atom is 0.221 e. The highest BCUT2D eigenvalue weighted by Crippen LogP contribution is 2.18. The average Bonchev–Trinajstić information content (AvgIpc) is 2.95. The first-order chi connectivity index (χ1) is 11.4. The SMILES string of the molecule is CCCNC(=O)CCN(CCc1c[nH]c2ccccc12)S(C)(=O)=O. The van der Waals surface area contributed by atoms with Crippen molar-refractivity contribution >= 4 is 26.8 Å². The smallest absolute Gasteiger partial charge is 0.221 e. The quantitative estimate of drug-likeness (QED) is 0.724. The van der Waals surface area contributed by atoms with E-state index in [-0.39, 0.29) is 18.9 Å². The molecule has 1 aromatic heterocycles. The molecule has 2 aromatic rings. The molecule has 0 fully saturated rings. The third-order valence-electron chi connectivity index (χ3n) is 3.93. The fraction of sp³-hybridized carbons (Fsp3) is 0.471. The first kappa shape index (κ1) is 18.5. The van der Waals surface area contributed by atoms with Gasteiger partial charge in [-0.2, -0.15) is 0 Å². The van der Waals surface area contributed by atoms with E-state index in [1.807, 2.05) is 37.4 Å². The molecule has 24 heavy (non-hydrogen) atoms. The number of hydrogen-bond donors (Lipinski definition) is 2. The monoisotopic (exact) mass is 351 g/mol. The molecule has 0 aliphatic carbocycles. The molecule has 0 saturated carbocycles. The summed E-state index contributed by atoms with van der Waals surface area (Å²) < 4.78 is 25.3. The summed E-state index contributed by atoms with van der Waals surface area (Å²) in [5.41, 5.74) is 2.12. The Bertz CT molecular complexity index is 783. The predicted molar refractivity (Wildman–Crippen MR) is 96.3 cm³/mol. The molecule has 0 bridgehead atoms. The molecule has 7 heteroatoms. The lowest BCUT2D eigenvalue weighted by Gasteiger charge is -2.19. The number of carbonyl (C=O) groups is 1. The fourth-order valence-corrected chi connectivity index (χ4v) is 3.45. The third kappa shape index (κ3) is 5.07. The lowest BCUT2D eigenvalue weighted by Crippen LogP contribution is -2.36. The van der Waals surface area contributed by atoms with Crippen molar-refractivity contribution in [3.05, 3.63) is 36.0 Å². The van der Waals surface area contributed by atoms with Crippen LogP contribution in [0.3, 0.4) is 0 Å². The Morgan fingerprint density at radius 2 is 2.00 bits per heavy atom. The Morgan fingerprint density at radius 3 is 2.71 bits per heavy atom. The largest absolute Gasteiger partial charge is 0.361 e. The van der Waals surface area contributed by atoms with Crippen LogP contribution in [0.4, 0.5) is 0 Å². The highest BCUT2D eigenvalue weighted by molar-refractivity contribution is 7.88. The summed E-state index contributed by atoms with van der Waals surface area (Å²) in [6, 6.07) is 7.93. The minimum atomic E-state index is -3.34. The summed E-state index contributed by atoms with van der Waals surface area (Å²) >= 11 is 0. The Morgan fingerprint density at radius 1 is 1.25 bits per heavy atom. The molecular formula is C17H25N3O3S. The van der Waals surface area contributed by atoms with E-state index in [0.717, 1.165) is 22.9 Å². The van der Waals surface area contributed by atoms with Crippen LogP contribution in [-0.4, -0.2) is 49.5 Å². The molecule has 0 radical (unpaired) electrons. The third-order valence-corrected chi connectivity index (χ3v) is 5.24. The van der Waals surface area contributed by atoms with Crippen molar-refractivity contribution in [1.82, 2.24) is 14.6 Å². The molecule has 1 amide bonds. The average molecular weight is 351 g/mol. The number of benzene rings is 1. The Labute approximate surface area is 143 Å². The number of H-pyrrole nitrogens is 1. The number of nitrogens with zero attached hydrogens (tertiary/aromatic N) is 1. The van der Waals surface area contributed by atoms with Crippen molar-refractivity contribution in [3.8, 4) is 0 Å². The van der Waals surface area contributed by atoms with Crippen LogP contribution in [-0.2, 0) is 21.2 Å². The van der Waals surface area contributed by atoms with Crippen molar-refractivity contribution < 1.29 is 13.2 Å². The van der Waals surface area contributed by atoms with Crippen LogP contribution in [0.25, 0.3) is 10.9 Å². The van der Waals surface area contributed by atoms with Gasteiger partial charge in [0.15, 0.2) is 0 Å². The van der Waals surface area contributed by atoms with Crippen LogP contribution in [0.2, 0.25) is 0 Å². The van der Waals surface area contributed by atoms with Crippen LogP contribution < -0.4 is 5.32 Å². The second-order valence-electron chi connectivity index (χ2n) is 5.87. The highest BCUT2D eigenvalue weighted by Gasteiger charge is 2.18. The number of rotatable bonds is 9. The van der Waals surface area contributed by atoms with Crippen LogP contribution in [0, 0.1) is 0 Å². The van der Waals surface area contributed by atoms with Gasteiger partial charge in [-0.15, -0.1) is 0 Å². The Hall–Kier alpha value is -1.86. The highest BCUT2D eigenvalue weighted by atomic mass is 32.2. The summed E-state index contributed by atoms with van der Waals surface area (Å²) in [6.45, 7) is 3.16. The van der Waals surface area contributed by atoms with E-state index in [4.69, 9.17) is 0 Å². The van der Waals surface area contributed by atoms with Crippen LogP contribution in [0.5, 0.6) is 0 Å². The van der Waals surface area contributed by atoms with E-state index < -0.39 is 10.0 Å². The van der Waals surface area contributed by atoms with E-state index in [2.05, 4.69) is 10.3 Å². The number of para-hydroxylation sites is 1. The van der Waals surface area contributed by atoms with Gasteiger partial charge in [0.25, 0.3) is 0 Å². The maximum absolute atomic E-state index is 12.0. The molecular weight excluding hydrogens is 326 g/mol. The molecule has 0 aliphatic rings. The summed E-state index contributed by atoms with van der Waals surface area (Å²) in [5, 5.41) is 3.87. The van der Waals surface area contributed by atoms with Gasteiger partial charge in [0.2, 0.25) is 15.9 Å². The number of aromatic nitrogens is 1.